The van der Waals surface area contributed by atoms with Crippen LogP contribution in [0.5, 0.6) is 5.75 Å². The number of carbonyl (C=O) groups excluding carboxylic acids is 2. The van der Waals surface area contributed by atoms with Gasteiger partial charge in [-0.25, -0.2) is 17.3 Å². The van der Waals surface area contributed by atoms with Gasteiger partial charge in [0.15, 0.2) is 0 Å². The van der Waals surface area contributed by atoms with Gasteiger partial charge in [-0.2, -0.15) is 0 Å². The smallest absolute Gasteiger partial charge is 0.477 e. The van der Waals surface area contributed by atoms with Gasteiger partial charge in [0, 0.05) is 6.07 Å². The highest BCUT2D eigenvalue weighted by Crippen LogP contribution is 2.52. The normalized spacial score (nSPS) is 15.2. The average Bonchev–Trinajstić information content (AvgIpc) is 2.92. The molecule has 0 saturated carbocycles. The number of hydrogen-bond acceptors (Lipinski definition) is 11. The molecule has 37 heavy (non-hydrogen) atoms. The number of esters is 1. The van der Waals surface area contributed by atoms with Crippen LogP contribution in [0.4, 0.5) is 0 Å². The summed E-state index contributed by atoms with van der Waals surface area (Å²) in [6.45, 7) is 9.30. The number of phosphoric ester groups is 1. The maximum absolute atomic E-state index is 13.3. The first-order chi connectivity index (χ1) is 17.1. The lowest BCUT2D eigenvalue weighted by Gasteiger charge is -2.24. The number of carbonyl (C=O) groups is 2. The van der Waals surface area contributed by atoms with E-state index in [0.717, 1.165) is 0 Å². The van der Waals surface area contributed by atoms with Crippen molar-refractivity contribution < 1.29 is 45.6 Å². The molecule has 0 aromatic heterocycles. The zero-order chi connectivity index (χ0) is 28.1. The highest BCUT2D eigenvalue weighted by Gasteiger charge is 2.45. The molecule has 1 aliphatic rings. The number of nitrogens with zero attached hydrogens (tertiary/aromatic N) is 2. The number of phosphoric acid groups is 1. The fourth-order valence-corrected chi connectivity index (χ4v) is 6.41. The Bertz CT molecular complexity index is 1120. The second-order valence-corrected chi connectivity index (χ2v) is 12.9. The Balaban J connectivity index is 2.27. The topological polar surface area (TPSA) is 138 Å². The summed E-state index contributed by atoms with van der Waals surface area (Å²) in [4.78, 5) is 26.3. The summed E-state index contributed by atoms with van der Waals surface area (Å²) in [6.07, 6.45) is -1.08. The van der Waals surface area contributed by atoms with Crippen LogP contribution in [0.15, 0.2) is 17.0 Å². The van der Waals surface area contributed by atoms with Crippen LogP contribution in [0.1, 0.15) is 63.4 Å². The van der Waals surface area contributed by atoms with E-state index in [2.05, 4.69) is 0 Å². The first kappa shape index (κ1) is 31.2. The number of sulfonamides is 1. The second-order valence-electron chi connectivity index (χ2n) is 9.52. The van der Waals surface area contributed by atoms with Crippen molar-refractivity contribution in [3.8, 4) is 5.75 Å². The molecule has 0 spiro atoms. The fourth-order valence-electron chi connectivity index (χ4n) is 3.41. The lowest BCUT2D eigenvalue weighted by atomic mass is 9.96. The van der Waals surface area contributed by atoms with Gasteiger partial charge in [0.25, 0.3) is 15.9 Å². The van der Waals surface area contributed by atoms with Gasteiger partial charge in [0.2, 0.25) is 0 Å². The summed E-state index contributed by atoms with van der Waals surface area (Å²) in [5.74, 6) is -1.27. The van der Waals surface area contributed by atoms with Gasteiger partial charge in [0.05, 0.1) is 24.3 Å². The molecular weight excluding hydrogens is 527 g/mol. The standard InChI is InChI=1S/C23H37N2O10PS/c1-15(2)19-11-18(31-9-10-32-21(26)13-24(7)8)12-20-22(19)23(27)25(37(20,29)30)14-33-36(28,34-16(3)4)35-17(5)6/h11-12,15-17H,9-10,13-14H2,1-8H3. The van der Waals surface area contributed by atoms with Crippen molar-refractivity contribution in [2.45, 2.75) is 64.6 Å². The fraction of sp³-hybridized carbons (Fsp3) is 0.652. The van der Waals surface area contributed by atoms with E-state index < -0.39 is 48.7 Å². The molecule has 1 aromatic carbocycles. The first-order valence-electron chi connectivity index (χ1n) is 11.9. The van der Waals surface area contributed by atoms with Crippen LogP contribution in [0, 0.1) is 0 Å². The van der Waals surface area contributed by atoms with Crippen LogP contribution in [0.2, 0.25) is 0 Å². The Morgan fingerprint density at radius 2 is 1.62 bits per heavy atom. The Morgan fingerprint density at radius 1 is 1.03 bits per heavy atom. The van der Waals surface area contributed by atoms with Gasteiger partial charge in [-0.1, -0.05) is 13.8 Å². The predicted molar refractivity (Wildman–Crippen MR) is 135 cm³/mol. The summed E-state index contributed by atoms with van der Waals surface area (Å²) in [5, 5.41) is 0. The molecule has 14 heteroatoms. The van der Waals surface area contributed by atoms with E-state index in [4.69, 9.17) is 23.0 Å². The number of benzene rings is 1. The summed E-state index contributed by atoms with van der Waals surface area (Å²) < 4.78 is 66.7. The van der Waals surface area contributed by atoms with E-state index >= 15 is 0 Å². The second kappa shape index (κ2) is 12.7. The molecule has 1 heterocycles. The monoisotopic (exact) mass is 564 g/mol. The molecule has 0 bridgehead atoms. The lowest BCUT2D eigenvalue weighted by molar-refractivity contribution is -0.145. The predicted octanol–water partition coefficient (Wildman–Crippen LogP) is 3.37. The average molecular weight is 565 g/mol. The largest absolute Gasteiger partial charge is 0.490 e. The molecule has 12 nitrogen and oxygen atoms in total. The quantitative estimate of drug-likeness (QED) is 0.187. The molecule has 210 valence electrons. The van der Waals surface area contributed by atoms with Gasteiger partial charge in [-0.05, 0) is 59.3 Å². The van der Waals surface area contributed by atoms with Crippen molar-refractivity contribution in [1.82, 2.24) is 9.21 Å². The van der Waals surface area contributed by atoms with Crippen LogP contribution in [0.25, 0.3) is 0 Å². The zero-order valence-electron chi connectivity index (χ0n) is 22.5. The molecule has 0 saturated heterocycles. The first-order valence-corrected chi connectivity index (χ1v) is 14.8. The third kappa shape index (κ3) is 8.23. The van der Waals surface area contributed by atoms with Crippen LogP contribution in [-0.4, -0.2) is 82.3 Å². The van der Waals surface area contributed by atoms with E-state index in [-0.39, 0.29) is 41.9 Å². The minimum absolute atomic E-state index is 0.00671. The zero-order valence-corrected chi connectivity index (χ0v) is 24.3. The molecule has 0 unspecified atom stereocenters. The van der Waals surface area contributed by atoms with Crippen molar-refractivity contribution in [2.24, 2.45) is 0 Å². The van der Waals surface area contributed by atoms with Gasteiger partial charge in [0.1, 0.15) is 30.6 Å². The van der Waals surface area contributed by atoms with Crippen molar-refractivity contribution in [1.29, 1.82) is 0 Å². The number of fused-ring (bicyclic) bond motifs is 1. The maximum Gasteiger partial charge on any atom is 0.477 e. The summed E-state index contributed by atoms with van der Waals surface area (Å²) in [7, 11) is -5.05. The van der Waals surface area contributed by atoms with Crippen molar-refractivity contribution in [2.75, 3.05) is 40.6 Å². The van der Waals surface area contributed by atoms with Crippen molar-refractivity contribution in [3.63, 3.8) is 0 Å². The van der Waals surface area contributed by atoms with Crippen LogP contribution in [-0.2, 0) is 37.7 Å². The van der Waals surface area contributed by atoms with Crippen LogP contribution < -0.4 is 4.74 Å². The highest BCUT2D eigenvalue weighted by atomic mass is 32.2. The SMILES string of the molecule is CC(C)OP(=O)(OCN1C(=O)c2c(C(C)C)cc(OCCOC(=O)CN(C)C)cc2S1(=O)=O)OC(C)C. The van der Waals surface area contributed by atoms with E-state index in [1.165, 1.54) is 6.07 Å². The third-order valence-electron chi connectivity index (χ3n) is 4.81. The Hall–Kier alpha value is -2.02. The van der Waals surface area contributed by atoms with Crippen LogP contribution in [0.3, 0.4) is 0 Å². The third-order valence-corrected chi connectivity index (χ3v) is 8.33. The lowest BCUT2D eigenvalue weighted by Crippen LogP contribution is -2.32. The molecule has 1 aliphatic heterocycles. The van der Waals surface area contributed by atoms with Crippen molar-refractivity contribution >= 4 is 29.7 Å². The molecule has 0 radical (unpaired) electrons. The van der Waals surface area contributed by atoms with Gasteiger partial charge in [-0.3, -0.25) is 28.1 Å². The Morgan fingerprint density at radius 3 is 2.14 bits per heavy atom. The molecule has 1 amide bonds. The maximum atomic E-state index is 13.3. The molecule has 2 rings (SSSR count). The molecule has 0 aliphatic carbocycles. The molecule has 1 aromatic rings. The molecule has 0 fully saturated rings. The highest BCUT2D eigenvalue weighted by molar-refractivity contribution is 7.90. The number of ether oxygens (including phenoxy) is 2. The number of amides is 1. The minimum Gasteiger partial charge on any atom is -0.490 e. The van der Waals surface area contributed by atoms with Crippen molar-refractivity contribution in [3.05, 3.63) is 23.3 Å². The number of rotatable bonds is 14. The van der Waals surface area contributed by atoms with Gasteiger partial charge < -0.3 is 9.47 Å². The number of hydrogen-bond donors (Lipinski definition) is 0. The molecular formula is C23H37N2O10PS. The van der Waals surface area contributed by atoms with E-state index in [0.29, 0.717) is 9.87 Å². The van der Waals surface area contributed by atoms with E-state index in [1.807, 2.05) is 13.8 Å². The summed E-state index contributed by atoms with van der Waals surface area (Å²) in [6, 6.07) is 2.82. The van der Waals surface area contributed by atoms with E-state index in [9.17, 15) is 22.6 Å². The van der Waals surface area contributed by atoms with Gasteiger partial charge >= 0.3 is 13.8 Å². The summed E-state index contributed by atoms with van der Waals surface area (Å²) in [5.41, 5.74) is 0.445. The molecule has 0 atom stereocenters. The minimum atomic E-state index is -4.36. The Kier molecular flexibility index (Phi) is 10.7. The number of likely N-dealkylation sites (N-methyl/N-ethyl adjacent to an activating group) is 1. The Labute approximate surface area is 218 Å². The molecule has 0 N–H and O–H groups in total. The summed E-state index contributed by atoms with van der Waals surface area (Å²) >= 11 is 0. The van der Waals surface area contributed by atoms with Gasteiger partial charge in [-0.15, -0.1) is 0 Å². The van der Waals surface area contributed by atoms with E-state index in [1.54, 1.807) is 52.8 Å². The van der Waals surface area contributed by atoms with Crippen LogP contribution >= 0.6 is 7.82 Å².